The summed E-state index contributed by atoms with van der Waals surface area (Å²) in [4.78, 5) is 8.90. The number of pyridine rings is 1. The topological polar surface area (TPSA) is 25.8 Å². The van der Waals surface area contributed by atoms with E-state index in [0.717, 1.165) is 16.9 Å². The van der Waals surface area contributed by atoms with Gasteiger partial charge in [-0.3, -0.25) is 0 Å². The zero-order chi connectivity index (χ0) is 11.0. The Morgan fingerprint density at radius 3 is 2.81 bits per heavy atom. The van der Waals surface area contributed by atoms with Gasteiger partial charge in [0.1, 0.15) is 0 Å². The Labute approximate surface area is 111 Å². The monoisotopic (exact) mass is 338 g/mol. The molecule has 0 aliphatic carbocycles. The maximum atomic E-state index is 4.62. The molecule has 0 saturated carbocycles. The van der Waals surface area contributed by atoms with Crippen LogP contribution in [-0.2, 0) is 0 Å². The molecule has 3 aromatic rings. The predicted molar refractivity (Wildman–Crippen MR) is 75.6 cm³/mol. The third-order valence-corrected chi connectivity index (χ3v) is 3.84. The van der Waals surface area contributed by atoms with Crippen molar-refractivity contribution in [1.82, 2.24) is 9.97 Å². The highest BCUT2D eigenvalue weighted by Crippen LogP contribution is 2.25. The first-order valence-corrected chi connectivity index (χ1v) is 6.80. The van der Waals surface area contributed by atoms with Crippen molar-refractivity contribution in [2.45, 2.75) is 0 Å². The van der Waals surface area contributed by atoms with E-state index in [2.05, 4.69) is 44.7 Å². The average Bonchev–Trinajstić information content (AvgIpc) is 2.82. The van der Waals surface area contributed by atoms with Gasteiger partial charge in [0, 0.05) is 14.3 Å². The lowest BCUT2D eigenvalue weighted by atomic mass is 10.2. The van der Waals surface area contributed by atoms with E-state index in [0.29, 0.717) is 0 Å². The van der Waals surface area contributed by atoms with E-state index in [9.17, 15) is 0 Å². The maximum absolute atomic E-state index is 4.62. The van der Waals surface area contributed by atoms with Gasteiger partial charge in [0.15, 0.2) is 0 Å². The summed E-state index contributed by atoms with van der Waals surface area (Å²) in [5.74, 6) is 0. The van der Waals surface area contributed by atoms with Crippen LogP contribution in [0.3, 0.4) is 0 Å². The molecule has 0 fully saturated rings. The largest absolute Gasteiger partial charge is 0.246 e. The normalized spacial score (nSPS) is 10.8. The van der Waals surface area contributed by atoms with Crippen molar-refractivity contribution < 1.29 is 0 Å². The van der Waals surface area contributed by atoms with Gasteiger partial charge in [0.2, 0.25) is 0 Å². The maximum Gasteiger partial charge on any atom is 0.0995 e. The molecule has 2 heterocycles. The predicted octanol–water partition coefficient (Wildman–Crippen LogP) is 3.96. The Morgan fingerprint density at radius 1 is 1.12 bits per heavy atom. The van der Waals surface area contributed by atoms with Gasteiger partial charge in [0.05, 0.1) is 22.4 Å². The molecule has 1 aromatic carbocycles. The molecule has 2 nitrogen and oxygen atoms in total. The molecule has 4 heteroatoms. The van der Waals surface area contributed by atoms with Gasteiger partial charge in [-0.1, -0.05) is 18.2 Å². The SMILES string of the molecule is Ic1cc(-c2cscn2)nc2ccccc12. The van der Waals surface area contributed by atoms with Crippen LogP contribution in [0.4, 0.5) is 0 Å². The molecule has 0 amide bonds. The van der Waals surface area contributed by atoms with Crippen molar-refractivity contribution in [2.24, 2.45) is 0 Å². The smallest absolute Gasteiger partial charge is 0.0995 e. The van der Waals surface area contributed by atoms with E-state index in [1.54, 1.807) is 11.3 Å². The Hall–Kier alpha value is -1.01. The van der Waals surface area contributed by atoms with Crippen LogP contribution in [0.5, 0.6) is 0 Å². The lowest BCUT2D eigenvalue weighted by Gasteiger charge is -2.03. The van der Waals surface area contributed by atoms with Crippen molar-refractivity contribution in [3.8, 4) is 11.4 Å². The fraction of sp³-hybridized carbons (Fsp3) is 0. The van der Waals surface area contributed by atoms with E-state index in [1.807, 2.05) is 29.1 Å². The molecule has 3 rings (SSSR count). The number of benzene rings is 1. The van der Waals surface area contributed by atoms with Crippen molar-refractivity contribution in [3.05, 3.63) is 44.8 Å². The van der Waals surface area contributed by atoms with Gasteiger partial charge in [-0.2, -0.15) is 0 Å². The quantitative estimate of drug-likeness (QED) is 0.628. The fourth-order valence-electron chi connectivity index (χ4n) is 1.60. The van der Waals surface area contributed by atoms with Gasteiger partial charge in [-0.25, -0.2) is 9.97 Å². The van der Waals surface area contributed by atoms with E-state index < -0.39 is 0 Å². The molecule has 0 saturated heterocycles. The zero-order valence-corrected chi connectivity index (χ0v) is 11.2. The molecule has 0 atom stereocenters. The third kappa shape index (κ3) is 1.72. The molecule has 0 radical (unpaired) electrons. The number of thiazole rings is 1. The van der Waals surface area contributed by atoms with Crippen LogP contribution in [0.15, 0.2) is 41.2 Å². The molecule has 78 valence electrons. The summed E-state index contributed by atoms with van der Waals surface area (Å²) in [7, 11) is 0. The Balaban J connectivity index is 2.29. The molecule has 0 spiro atoms. The molecule has 0 aliphatic rings. The Bertz CT molecular complexity index is 635. The highest BCUT2D eigenvalue weighted by atomic mass is 127. The summed E-state index contributed by atoms with van der Waals surface area (Å²) < 4.78 is 1.21. The Kier molecular flexibility index (Phi) is 2.61. The first kappa shape index (κ1) is 10.2. The van der Waals surface area contributed by atoms with Crippen LogP contribution in [0.2, 0.25) is 0 Å². The molecular weight excluding hydrogens is 331 g/mol. The number of halogens is 1. The van der Waals surface area contributed by atoms with Gasteiger partial charge in [-0.15, -0.1) is 11.3 Å². The van der Waals surface area contributed by atoms with Crippen molar-refractivity contribution in [3.63, 3.8) is 0 Å². The van der Waals surface area contributed by atoms with Crippen LogP contribution in [0.25, 0.3) is 22.3 Å². The van der Waals surface area contributed by atoms with Gasteiger partial charge in [0.25, 0.3) is 0 Å². The van der Waals surface area contributed by atoms with Crippen LogP contribution >= 0.6 is 33.9 Å². The summed E-state index contributed by atoms with van der Waals surface area (Å²) in [6, 6.07) is 10.3. The molecule has 0 unspecified atom stereocenters. The highest BCUT2D eigenvalue weighted by Gasteiger charge is 2.06. The molecule has 0 bridgehead atoms. The summed E-state index contributed by atoms with van der Waals surface area (Å²) in [5, 5.41) is 3.22. The van der Waals surface area contributed by atoms with E-state index in [4.69, 9.17) is 0 Å². The minimum atomic E-state index is 0.948. The Morgan fingerprint density at radius 2 is 2.00 bits per heavy atom. The van der Waals surface area contributed by atoms with Crippen LogP contribution in [-0.4, -0.2) is 9.97 Å². The number of rotatable bonds is 1. The molecular formula is C12H7IN2S. The summed E-state index contributed by atoms with van der Waals surface area (Å²) in [6.45, 7) is 0. The number of nitrogens with zero attached hydrogens (tertiary/aromatic N) is 2. The minimum absolute atomic E-state index is 0.948. The number of hydrogen-bond acceptors (Lipinski definition) is 3. The fourth-order valence-corrected chi connectivity index (χ4v) is 2.90. The van der Waals surface area contributed by atoms with Crippen LogP contribution < -0.4 is 0 Å². The summed E-state index contributed by atoms with van der Waals surface area (Å²) in [6.07, 6.45) is 0. The lowest BCUT2D eigenvalue weighted by Crippen LogP contribution is -1.88. The molecule has 0 aliphatic heterocycles. The minimum Gasteiger partial charge on any atom is -0.246 e. The number of para-hydroxylation sites is 1. The molecule has 16 heavy (non-hydrogen) atoms. The van der Waals surface area contributed by atoms with Crippen molar-refractivity contribution in [1.29, 1.82) is 0 Å². The van der Waals surface area contributed by atoms with Crippen LogP contribution in [0.1, 0.15) is 0 Å². The van der Waals surface area contributed by atoms with Crippen molar-refractivity contribution in [2.75, 3.05) is 0 Å². The van der Waals surface area contributed by atoms with Crippen LogP contribution in [0, 0.1) is 3.57 Å². The highest BCUT2D eigenvalue weighted by molar-refractivity contribution is 14.1. The number of aromatic nitrogens is 2. The number of fused-ring (bicyclic) bond motifs is 1. The molecule has 2 aromatic heterocycles. The van der Waals surface area contributed by atoms with Gasteiger partial charge >= 0.3 is 0 Å². The first-order chi connectivity index (χ1) is 7.84. The second kappa shape index (κ2) is 4.10. The average molecular weight is 338 g/mol. The summed E-state index contributed by atoms with van der Waals surface area (Å²) in [5.41, 5.74) is 4.76. The number of hydrogen-bond donors (Lipinski definition) is 0. The second-order valence-electron chi connectivity index (χ2n) is 3.38. The van der Waals surface area contributed by atoms with Gasteiger partial charge < -0.3 is 0 Å². The van der Waals surface area contributed by atoms with E-state index >= 15 is 0 Å². The van der Waals surface area contributed by atoms with Gasteiger partial charge in [-0.05, 0) is 34.7 Å². The molecule has 0 N–H and O–H groups in total. The van der Waals surface area contributed by atoms with E-state index in [-0.39, 0.29) is 0 Å². The zero-order valence-electron chi connectivity index (χ0n) is 8.22. The lowest BCUT2D eigenvalue weighted by molar-refractivity contribution is 1.32. The third-order valence-electron chi connectivity index (χ3n) is 2.36. The van der Waals surface area contributed by atoms with Crippen molar-refractivity contribution >= 4 is 44.8 Å². The first-order valence-electron chi connectivity index (χ1n) is 4.78. The second-order valence-corrected chi connectivity index (χ2v) is 5.26. The van der Waals surface area contributed by atoms with E-state index in [1.165, 1.54) is 8.96 Å². The summed E-state index contributed by atoms with van der Waals surface area (Å²) >= 11 is 3.94. The standard InChI is InChI=1S/C12H7IN2S/c13-9-5-11(12-6-16-7-14-12)15-10-4-2-1-3-8(9)10/h1-7H.